The minimum atomic E-state index is -1.13. The molecule has 0 bridgehead atoms. The zero-order valence-corrected chi connectivity index (χ0v) is 6.35. The van der Waals surface area contributed by atoms with Gasteiger partial charge in [0, 0.05) is 12.2 Å². The SMILES string of the molecule is CCC(N=[N+]([O-])OC)C(=O)O. The Morgan fingerprint density at radius 3 is 2.73 bits per heavy atom. The average molecular weight is 162 g/mol. The van der Waals surface area contributed by atoms with Crippen molar-refractivity contribution in [3.63, 3.8) is 0 Å². The van der Waals surface area contributed by atoms with Crippen LogP contribution in [0.1, 0.15) is 13.3 Å². The molecule has 0 spiro atoms. The van der Waals surface area contributed by atoms with E-state index in [-0.39, 0.29) is 11.4 Å². The zero-order chi connectivity index (χ0) is 8.85. The van der Waals surface area contributed by atoms with Gasteiger partial charge in [0.25, 0.3) is 0 Å². The summed E-state index contributed by atoms with van der Waals surface area (Å²) in [7, 11) is 1.12. The third-order valence-corrected chi connectivity index (χ3v) is 1.06. The van der Waals surface area contributed by atoms with E-state index in [9.17, 15) is 10.0 Å². The Morgan fingerprint density at radius 1 is 1.91 bits per heavy atom. The van der Waals surface area contributed by atoms with Crippen LogP contribution in [0.2, 0.25) is 0 Å². The quantitative estimate of drug-likeness (QED) is 0.478. The Bertz CT molecular complexity index is 168. The van der Waals surface area contributed by atoms with E-state index in [1.165, 1.54) is 0 Å². The maximum Gasteiger partial charge on any atom is 0.334 e. The Kier molecular flexibility index (Phi) is 3.94. The van der Waals surface area contributed by atoms with E-state index in [1.54, 1.807) is 6.92 Å². The number of carboxylic acids is 1. The van der Waals surface area contributed by atoms with Crippen molar-refractivity contribution in [3.8, 4) is 0 Å². The van der Waals surface area contributed by atoms with Crippen molar-refractivity contribution in [2.45, 2.75) is 19.4 Å². The molecule has 0 aliphatic heterocycles. The van der Waals surface area contributed by atoms with Crippen molar-refractivity contribution < 1.29 is 19.8 Å². The molecular formula is C5H10N2O4. The molecule has 1 atom stereocenters. The minimum Gasteiger partial charge on any atom is -0.479 e. The Balaban J connectivity index is 4.17. The van der Waals surface area contributed by atoms with Crippen LogP contribution in [0.5, 0.6) is 0 Å². The molecule has 0 aromatic carbocycles. The number of hydrogen-bond acceptors (Lipinski definition) is 4. The molecule has 1 unspecified atom stereocenters. The van der Waals surface area contributed by atoms with Gasteiger partial charge in [-0.25, -0.2) is 10.0 Å². The molecule has 6 nitrogen and oxygen atoms in total. The van der Waals surface area contributed by atoms with Gasteiger partial charge in [0.2, 0.25) is 6.04 Å². The lowest BCUT2D eigenvalue weighted by atomic mass is 10.2. The predicted octanol–water partition coefficient (Wildman–Crippen LogP) is 0.374. The molecule has 64 valence electrons. The van der Waals surface area contributed by atoms with Crippen molar-refractivity contribution in [1.29, 1.82) is 0 Å². The predicted molar refractivity (Wildman–Crippen MR) is 34.8 cm³/mol. The van der Waals surface area contributed by atoms with Crippen LogP contribution in [0.4, 0.5) is 0 Å². The summed E-state index contributed by atoms with van der Waals surface area (Å²) in [6.45, 7) is 1.62. The first-order valence-corrected chi connectivity index (χ1v) is 3.06. The highest BCUT2D eigenvalue weighted by atomic mass is 16.9. The van der Waals surface area contributed by atoms with Gasteiger partial charge in [0.05, 0.1) is 0 Å². The average Bonchev–Trinajstić information content (AvgIpc) is 1.99. The van der Waals surface area contributed by atoms with Gasteiger partial charge in [-0.05, 0) is 6.42 Å². The fourth-order valence-corrected chi connectivity index (χ4v) is 0.467. The summed E-state index contributed by atoms with van der Waals surface area (Å²) in [5.41, 5.74) is 0. The van der Waals surface area contributed by atoms with Gasteiger partial charge in [-0.3, -0.25) is 0 Å². The van der Waals surface area contributed by atoms with Gasteiger partial charge in [-0.1, -0.05) is 6.92 Å². The summed E-state index contributed by atoms with van der Waals surface area (Å²) in [5.74, 6) is -1.13. The highest BCUT2D eigenvalue weighted by Crippen LogP contribution is 1.97. The smallest absolute Gasteiger partial charge is 0.334 e. The molecule has 6 heteroatoms. The molecule has 0 heterocycles. The molecule has 0 aromatic heterocycles. The van der Waals surface area contributed by atoms with Crippen molar-refractivity contribution in [2.24, 2.45) is 5.11 Å². The maximum absolute atomic E-state index is 10.4. The van der Waals surface area contributed by atoms with E-state index in [0.29, 0.717) is 0 Å². The van der Waals surface area contributed by atoms with Gasteiger partial charge >= 0.3 is 5.97 Å². The van der Waals surface area contributed by atoms with Crippen LogP contribution in [0, 0.1) is 5.21 Å². The van der Waals surface area contributed by atoms with Gasteiger partial charge in [-0.2, -0.15) is 0 Å². The summed E-state index contributed by atoms with van der Waals surface area (Å²) < 4.78 is 0. The van der Waals surface area contributed by atoms with Gasteiger partial charge < -0.3 is 9.94 Å². The topological polar surface area (TPSA) is 85.0 Å². The van der Waals surface area contributed by atoms with Crippen molar-refractivity contribution in [3.05, 3.63) is 5.21 Å². The van der Waals surface area contributed by atoms with Crippen LogP contribution < -0.4 is 0 Å². The molecule has 0 amide bonds. The Labute approximate surface area is 63.6 Å². The van der Waals surface area contributed by atoms with Crippen LogP contribution in [0.3, 0.4) is 0 Å². The maximum atomic E-state index is 10.4. The molecule has 0 fully saturated rings. The molecule has 0 aromatic rings. The van der Waals surface area contributed by atoms with E-state index in [1.807, 2.05) is 0 Å². The Morgan fingerprint density at radius 2 is 2.45 bits per heavy atom. The summed E-state index contributed by atoms with van der Waals surface area (Å²) in [6.07, 6.45) is 0.261. The second-order valence-electron chi connectivity index (χ2n) is 1.80. The van der Waals surface area contributed by atoms with Crippen LogP contribution >= 0.6 is 0 Å². The molecule has 1 N–H and O–H groups in total. The van der Waals surface area contributed by atoms with Gasteiger partial charge in [0.15, 0.2) is 5.02 Å². The molecule has 0 aliphatic carbocycles. The number of carbonyl (C=O) groups is 1. The molecule has 0 radical (unpaired) electrons. The summed E-state index contributed by atoms with van der Waals surface area (Å²) >= 11 is 0. The van der Waals surface area contributed by atoms with E-state index in [2.05, 4.69) is 9.95 Å². The van der Waals surface area contributed by atoms with Crippen molar-refractivity contribution >= 4 is 5.97 Å². The first-order chi connectivity index (χ1) is 5.11. The third-order valence-electron chi connectivity index (χ3n) is 1.06. The summed E-state index contributed by atoms with van der Waals surface area (Å²) in [4.78, 5) is 14.3. The van der Waals surface area contributed by atoms with Crippen molar-refractivity contribution in [2.75, 3.05) is 7.11 Å². The lowest BCUT2D eigenvalue weighted by Gasteiger charge is -1.98. The number of nitrogens with zero attached hydrogens (tertiary/aromatic N) is 2. The van der Waals surface area contributed by atoms with E-state index >= 15 is 0 Å². The van der Waals surface area contributed by atoms with Crippen LogP contribution in [0.25, 0.3) is 0 Å². The molecule has 0 rings (SSSR count). The third kappa shape index (κ3) is 3.39. The molecule has 11 heavy (non-hydrogen) atoms. The van der Waals surface area contributed by atoms with E-state index < -0.39 is 12.0 Å². The second-order valence-corrected chi connectivity index (χ2v) is 1.80. The lowest BCUT2D eigenvalue weighted by molar-refractivity contribution is -0.784. The summed E-state index contributed by atoms with van der Waals surface area (Å²) in [6, 6.07) is -1.02. The minimum absolute atomic E-state index is 0.109. The lowest BCUT2D eigenvalue weighted by Crippen LogP contribution is -2.19. The van der Waals surface area contributed by atoms with Gasteiger partial charge in [-0.15, -0.1) is 0 Å². The fraction of sp³-hybridized carbons (Fsp3) is 0.800. The number of rotatable bonds is 4. The standard InChI is InChI=1S/C5H10N2O4/c1-3-4(5(8)9)6-7(10)11-2/h4H,3H2,1-2H3,(H,8,9). The van der Waals surface area contributed by atoms with Crippen LogP contribution in [0.15, 0.2) is 5.11 Å². The van der Waals surface area contributed by atoms with Gasteiger partial charge in [0.1, 0.15) is 0 Å². The van der Waals surface area contributed by atoms with Crippen LogP contribution in [-0.2, 0) is 9.63 Å². The number of aliphatic carboxylic acids is 1. The fourth-order valence-electron chi connectivity index (χ4n) is 0.467. The van der Waals surface area contributed by atoms with E-state index in [4.69, 9.17) is 5.11 Å². The molecule has 0 saturated carbocycles. The first-order valence-electron chi connectivity index (χ1n) is 3.06. The highest BCUT2D eigenvalue weighted by molar-refractivity contribution is 5.73. The second kappa shape index (κ2) is 4.48. The number of carboxylic acid groups (broad SMARTS) is 1. The molecule has 0 aliphatic rings. The van der Waals surface area contributed by atoms with Crippen LogP contribution in [-0.4, -0.2) is 29.3 Å². The largest absolute Gasteiger partial charge is 0.479 e. The van der Waals surface area contributed by atoms with E-state index in [0.717, 1.165) is 7.11 Å². The number of hydrogen-bond donors (Lipinski definition) is 1. The molecule has 0 saturated heterocycles. The van der Waals surface area contributed by atoms with Crippen molar-refractivity contribution in [1.82, 2.24) is 0 Å². The normalized spacial score (nSPS) is 14.2. The first kappa shape index (κ1) is 9.67. The Hall–Kier alpha value is -1.33. The monoisotopic (exact) mass is 162 g/mol. The highest BCUT2D eigenvalue weighted by Gasteiger charge is 2.18. The zero-order valence-electron chi connectivity index (χ0n) is 6.35. The molecular weight excluding hydrogens is 152 g/mol. The summed E-state index contributed by atoms with van der Waals surface area (Å²) in [5, 5.41) is 21.8.